The molecule has 1 aliphatic heterocycles. The summed E-state index contributed by atoms with van der Waals surface area (Å²) in [5.41, 5.74) is 6.14. The summed E-state index contributed by atoms with van der Waals surface area (Å²) in [5, 5.41) is 0. The minimum absolute atomic E-state index is 0.227. The van der Waals surface area contributed by atoms with Crippen LogP contribution in [0.3, 0.4) is 0 Å². The van der Waals surface area contributed by atoms with Gasteiger partial charge in [0.1, 0.15) is 5.69 Å². The molecule has 0 unspecified atom stereocenters. The Hall–Kier alpha value is -1.40. The Balaban J connectivity index is 2.37. The van der Waals surface area contributed by atoms with Gasteiger partial charge in [0.25, 0.3) is 5.91 Å². The highest BCUT2D eigenvalue weighted by atomic mass is 16.7. The van der Waals surface area contributed by atoms with Gasteiger partial charge in [-0.1, -0.05) is 0 Å². The number of amides is 1. The number of carbonyl (C=O) groups is 1. The molecule has 2 N–H and O–H groups in total. The maximum atomic E-state index is 11.3. The largest absolute Gasteiger partial charge is 0.494 e. The molecule has 1 fully saturated rings. The zero-order valence-corrected chi connectivity index (χ0v) is 12.0. The number of hydrogen-bond donors (Lipinski definition) is 1. The third kappa shape index (κ3) is 2.50. The first-order valence-electron chi connectivity index (χ1n) is 6.26. The van der Waals surface area contributed by atoms with E-state index in [1.165, 1.54) is 0 Å². The lowest BCUT2D eigenvalue weighted by Gasteiger charge is -2.32. The Kier molecular flexibility index (Phi) is 3.19. The van der Waals surface area contributed by atoms with Gasteiger partial charge in [-0.3, -0.25) is 4.79 Å². The number of nitrogens with two attached hydrogens (primary N) is 1. The van der Waals surface area contributed by atoms with Crippen LogP contribution >= 0.6 is 0 Å². The number of carbonyl (C=O) groups excluding carboxylic acids is 1. The smallest absolute Gasteiger partial charge is 0.399 e. The number of primary amides is 1. The van der Waals surface area contributed by atoms with Crippen molar-refractivity contribution in [1.82, 2.24) is 4.98 Å². The summed E-state index contributed by atoms with van der Waals surface area (Å²) < 4.78 is 11.9. The van der Waals surface area contributed by atoms with Crippen LogP contribution in [0.5, 0.6) is 0 Å². The molecule has 2 heterocycles. The van der Waals surface area contributed by atoms with Crippen molar-refractivity contribution >= 4 is 18.5 Å². The molecule has 0 saturated carbocycles. The molecule has 1 aliphatic rings. The molecule has 0 spiro atoms. The van der Waals surface area contributed by atoms with Crippen LogP contribution in [0.4, 0.5) is 0 Å². The Morgan fingerprint density at radius 1 is 1.21 bits per heavy atom. The summed E-state index contributed by atoms with van der Waals surface area (Å²) in [6, 6.07) is 3.46. The highest BCUT2D eigenvalue weighted by Crippen LogP contribution is 2.36. The van der Waals surface area contributed by atoms with Gasteiger partial charge in [-0.15, -0.1) is 0 Å². The van der Waals surface area contributed by atoms with E-state index in [9.17, 15) is 4.79 Å². The second-order valence-corrected chi connectivity index (χ2v) is 5.88. The van der Waals surface area contributed by atoms with Crippen molar-refractivity contribution in [3.05, 3.63) is 23.5 Å². The zero-order chi connectivity index (χ0) is 14.4. The SMILES string of the molecule is Cc1cc(B2OC(C)(C)C(C)(C)O2)cc(C(N)=O)n1. The Bertz CT molecular complexity index is 513. The number of rotatable bonds is 2. The van der Waals surface area contributed by atoms with E-state index in [-0.39, 0.29) is 5.69 Å². The Morgan fingerprint density at radius 2 is 1.74 bits per heavy atom. The van der Waals surface area contributed by atoms with Crippen molar-refractivity contribution < 1.29 is 14.1 Å². The highest BCUT2D eigenvalue weighted by molar-refractivity contribution is 6.62. The number of aromatic nitrogens is 1. The van der Waals surface area contributed by atoms with Crippen molar-refractivity contribution in [3.63, 3.8) is 0 Å². The second-order valence-electron chi connectivity index (χ2n) is 5.88. The van der Waals surface area contributed by atoms with Gasteiger partial charge in [0.05, 0.1) is 11.2 Å². The molecule has 0 atom stereocenters. The molecular formula is C13H19BN2O3. The normalized spacial score (nSPS) is 20.6. The van der Waals surface area contributed by atoms with Crippen molar-refractivity contribution in [2.75, 3.05) is 0 Å². The molecule has 0 radical (unpaired) electrons. The molecule has 1 amide bonds. The van der Waals surface area contributed by atoms with Gasteiger partial charge >= 0.3 is 7.12 Å². The summed E-state index contributed by atoms with van der Waals surface area (Å²) in [6.45, 7) is 9.74. The third-order valence-corrected chi connectivity index (χ3v) is 3.75. The van der Waals surface area contributed by atoms with E-state index >= 15 is 0 Å². The third-order valence-electron chi connectivity index (χ3n) is 3.75. The molecule has 0 bridgehead atoms. The van der Waals surface area contributed by atoms with Crippen LogP contribution in [0.15, 0.2) is 12.1 Å². The summed E-state index contributed by atoms with van der Waals surface area (Å²) in [7, 11) is -0.509. The quantitative estimate of drug-likeness (QED) is 0.799. The predicted molar refractivity (Wildman–Crippen MR) is 73.2 cm³/mol. The van der Waals surface area contributed by atoms with E-state index in [2.05, 4.69) is 4.98 Å². The van der Waals surface area contributed by atoms with Crippen LogP contribution in [-0.4, -0.2) is 29.2 Å². The van der Waals surface area contributed by atoms with Crippen molar-refractivity contribution in [1.29, 1.82) is 0 Å². The Morgan fingerprint density at radius 3 is 2.21 bits per heavy atom. The van der Waals surface area contributed by atoms with Crippen LogP contribution < -0.4 is 11.2 Å². The maximum absolute atomic E-state index is 11.3. The minimum atomic E-state index is -0.554. The molecule has 0 aromatic carbocycles. The van der Waals surface area contributed by atoms with Crippen molar-refractivity contribution in [3.8, 4) is 0 Å². The van der Waals surface area contributed by atoms with Crippen molar-refractivity contribution in [2.45, 2.75) is 45.8 Å². The summed E-state index contributed by atoms with van der Waals surface area (Å²) >= 11 is 0. The molecule has 6 heteroatoms. The first-order chi connectivity index (χ1) is 8.62. The second kappa shape index (κ2) is 4.32. The van der Waals surface area contributed by atoms with Crippen LogP contribution in [0.2, 0.25) is 0 Å². The molecule has 19 heavy (non-hydrogen) atoms. The lowest BCUT2D eigenvalue weighted by molar-refractivity contribution is 0.00578. The number of pyridine rings is 1. The fraction of sp³-hybridized carbons (Fsp3) is 0.538. The summed E-state index contributed by atoms with van der Waals surface area (Å²) in [5.74, 6) is -0.554. The molecule has 1 saturated heterocycles. The number of nitrogens with zero attached hydrogens (tertiary/aromatic N) is 1. The fourth-order valence-corrected chi connectivity index (χ4v) is 1.94. The summed E-state index contributed by atoms with van der Waals surface area (Å²) in [4.78, 5) is 15.3. The van der Waals surface area contributed by atoms with Crippen LogP contribution in [0.25, 0.3) is 0 Å². The fourth-order valence-electron chi connectivity index (χ4n) is 1.94. The highest BCUT2D eigenvalue weighted by Gasteiger charge is 2.51. The van der Waals surface area contributed by atoms with Crippen molar-refractivity contribution in [2.24, 2.45) is 5.73 Å². The molecule has 0 aliphatic carbocycles. The van der Waals surface area contributed by atoms with Gasteiger partial charge < -0.3 is 15.0 Å². The number of hydrogen-bond acceptors (Lipinski definition) is 4. The van der Waals surface area contributed by atoms with Gasteiger partial charge in [0.2, 0.25) is 0 Å². The predicted octanol–water partition coefficient (Wildman–Crippen LogP) is 0.788. The van der Waals surface area contributed by atoms with E-state index in [1.54, 1.807) is 13.0 Å². The van der Waals surface area contributed by atoms with E-state index in [0.717, 1.165) is 5.46 Å². The molecule has 1 aromatic rings. The monoisotopic (exact) mass is 262 g/mol. The van der Waals surface area contributed by atoms with E-state index in [1.807, 2.05) is 33.8 Å². The summed E-state index contributed by atoms with van der Waals surface area (Å²) in [6.07, 6.45) is 0. The van der Waals surface area contributed by atoms with E-state index in [0.29, 0.717) is 5.69 Å². The molecule has 2 rings (SSSR count). The van der Waals surface area contributed by atoms with Gasteiger partial charge in [0.15, 0.2) is 0 Å². The van der Waals surface area contributed by atoms with Crippen LogP contribution in [-0.2, 0) is 9.31 Å². The average molecular weight is 262 g/mol. The van der Waals surface area contributed by atoms with Gasteiger partial charge in [0, 0.05) is 5.69 Å². The van der Waals surface area contributed by atoms with E-state index < -0.39 is 24.2 Å². The average Bonchev–Trinajstić information content (AvgIpc) is 2.47. The first-order valence-corrected chi connectivity index (χ1v) is 6.26. The maximum Gasteiger partial charge on any atom is 0.494 e. The lowest BCUT2D eigenvalue weighted by atomic mass is 9.79. The topological polar surface area (TPSA) is 74.4 Å². The van der Waals surface area contributed by atoms with Gasteiger partial charge in [-0.05, 0) is 52.2 Å². The van der Waals surface area contributed by atoms with Crippen LogP contribution in [0, 0.1) is 6.92 Å². The molecular weight excluding hydrogens is 243 g/mol. The molecule has 102 valence electrons. The van der Waals surface area contributed by atoms with Crippen LogP contribution in [0.1, 0.15) is 43.9 Å². The molecule has 5 nitrogen and oxygen atoms in total. The first kappa shape index (κ1) is 14.0. The van der Waals surface area contributed by atoms with Gasteiger partial charge in [-0.25, -0.2) is 4.98 Å². The van der Waals surface area contributed by atoms with Gasteiger partial charge in [-0.2, -0.15) is 0 Å². The minimum Gasteiger partial charge on any atom is -0.399 e. The lowest BCUT2D eigenvalue weighted by Crippen LogP contribution is -2.41. The van der Waals surface area contributed by atoms with E-state index in [4.69, 9.17) is 15.0 Å². The zero-order valence-electron chi connectivity index (χ0n) is 12.0. The number of aryl methyl sites for hydroxylation is 1. The standard InChI is InChI=1S/C13H19BN2O3/c1-8-6-9(7-10(16-8)11(15)17)14-18-12(2,3)13(4,5)19-14/h6-7H,1-5H3,(H2,15,17). The molecule has 1 aromatic heterocycles. The Labute approximate surface area is 113 Å².